The Morgan fingerprint density at radius 3 is 2.80 bits per heavy atom. The van der Waals surface area contributed by atoms with Gasteiger partial charge in [0.25, 0.3) is 0 Å². The number of benzene rings is 1. The molecule has 1 aliphatic rings. The normalized spacial score (nSPS) is 17.3. The molecular formula is C13H17NO. The minimum Gasteiger partial charge on any atom is -0.326 e. The van der Waals surface area contributed by atoms with Crippen LogP contribution in [-0.2, 0) is 16.6 Å². The summed E-state index contributed by atoms with van der Waals surface area (Å²) in [5.41, 5.74) is 4.02. The van der Waals surface area contributed by atoms with Crippen molar-refractivity contribution in [3.8, 4) is 0 Å². The fourth-order valence-corrected chi connectivity index (χ4v) is 2.32. The molecule has 0 saturated heterocycles. The van der Waals surface area contributed by atoms with Crippen LogP contribution >= 0.6 is 0 Å². The molecule has 0 heterocycles. The standard InChI is InChI=1S/C13H17NO/c1-9(15)14-11-4-5-12-10(8-11)6-7-13(12,2)3/h4-5,8H,6-7H2,1-3H3,(H,14,15). The number of rotatable bonds is 1. The number of hydrogen-bond donors (Lipinski definition) is 1. The van der Waals surface area contributed by atoms with Crippen molar-refractivity contribution in [2.24, 2.45) is 0 Å². The summed E-state index contributed by atoms with van der Waals surface area (Å²) in [7, 11) is 0. The van der Waals surface area contributed by atoms with Crippen LogP contribution in [0, 0.1) is 0 Å². The molecule has 1 amide bonds. The Balaban J connectivity index is 2.33. The molecule has 0 aromatic heterocycles. The fourth-order valence-electron chi connectivity index (χ4n) is 2.32. The second kappa shape index (κ2) is 3.37. The molecule has 0 bridgehead atoms. The van der Waals surface area contributed by atoms with E-state index in [1.165, 1.54) is 24.5 Å². The summed E-state index contributed by atoms with van der Waals surface area (Å²) < 4.78 is 0. The summed E-state index contributed by atoms with van der Waals surface area (Å²) >= 11 is 0. The van der Waals surface area contributed by atoms with Gasteiger partial charge in [-0.1, -0.05) is 19.9 Å². The van der Waals surface area contributed by atoms with Gasteiger partial charge in [0.15, 0.2) is 0 Å². The van der Waals surface area contributed by atoms with E-state index in [1.807, 2.05) is 6.07 Å². The van der Waals surface area contributed by atoms with Crippen LogP contribution in [0.3, 0.4) is 0 Å². The molecule has 1 aliphatic carbocycles. The Morgan fingerprint density at radius 2 is 2.13 bits per heavy atom. The maximum atomic E-state index is 10.9. The van der Waals surface area contributed by atoms with E-state index in [1.54, 1.807) is 0 Å². The van der Waals surface area contributed by atoms with E-state index in [9.17, 15) is 4.79 Å². The first-order valence-electron chi connectivity index (χ1n) is 5.40. The lowest BCUT2D eigenvalue weighted by Gasteiger charge is -2.18. The zero-order valence-electron chi connectivity index (χ0n) is 9.55. The van der Waals surface area contributed by atoms with Gasteiger partial charge in [0.1, 0.15) is 0 Å². The summed E-state index contributed by atoms with van der Waals surface area (Å²) in [5, 5.41) is 2.82. The van der Waals surface area contributed by atoms with Crippen molar-refractivity contribution in [2.75, 3.05) is 5.32 Å². The maximum Gasteiger partial charge on any atom is 0.221 e. The maximum absolute atomic E-state index is 10.9. The van der Waals surface area contributed by atoms with E-state index in [0.29, 0.717) is 5.41 Å². The van der Waals surface area contributed by atoms with Gasteiger partial charge >= 0.3 is 0 Å². The van der Waals surface area contributed by atoms with Crippen LogP contribution in [0.1, 0.15) is 38.3 Å². The van der Waals surface area contributed by atoms with Gasteiger partial charge in [-0.15, -0.1) is 0 Å². The SMILES string of the molecule is CC(=O)Nc1ccc2c(c1)CCC2(C)C. The molecule has 1 N–H and O–H groups in total. The second-order valence-electron chi connectivity index (χ2n) is 4.94. The number of hydrogen-bond acceptors (Lipinski definition) is 1. The molecule has 80 valence electrons. The summed E-state index contributed by atoms with van der Waals surface area (Å²) in [5.74, 6) is -0.00722. The number of fused-ring (bicyclic) bond motifs is 1. The summed E-state index contributed by atoms with van der Waals surface area (Å²) in [6, 6.07) is 6.24. The van der Waals surface area contributed by atoms with Crippen LogP contribution in [0.2, 0.25) is 0 Å². The van der Waals surface area contributed by atoms with Gasteiger partial charge in [-0.2, -0.15) is 0 Å². The molecule has 2 rings (SSSR count). The molecule has 15 heavy (non-hydrogen) atoms. The van der Waals surface area contributed by atoms with E-state index in [0.717, 1.165) is 12.1 Å². The number of carbonyl (C=O) groups is 1. The molecule has 0 saturated carbocycles. The molecule has 0 atom stereocenters. The highest BCUT2D eigenvalue weighted by atomic mass is 16.1. The van der Waals surface area contributed by atoms with Crippen LogP contribution in [0.15, 0.2) is 18.2 Å². The third kappa shape index (κ3) is 1.89. The van der Waals surface area contributed by atoms with E-state index in [4.69, 9.17) is 0 Å². The predicted octanol–water partition coefficient (Wildman–Crippen LogP) is 2.87. The summed E-state index contributed by atoms with van der Waals surface area (Å²) in [4.78, 5) is 10.9. The number of amides is 1. The van der Waals surface area contributed by atoms with Crippen molar-refractivity contribution in [1.82, 2.24) is 0 Å². The summed E-state index contributed by atoms with van der Waals surface area (Å²) in [6.07, 6.45) is 2.32. The summed E-state index contributed by atoms with van der Waals surface area (Å²) in [6.45, 7) is 6.09. The molecule has 0 fully saturated rings. The quantitative estimate of drug-likeness (QED) is 0.747. The van der Waals surface area contributed by atoms with Gasteiger partial charge in [-0.05, 0) is 41.5 Å². The van der Waals surface area contributed by atoms with Crippen LogP contribution < -0.4 is 5.32 Å². The molecule has 0 unspecified atom stereocenters. The molecule has 2 nitrogen and oxygen atoms in total. The van der Waals surface area contributed by atoms with Gasteiger partial charge < -0.3 is 5.32 Å². The number of carbonyl (C=O) groups excluding carboxylic acids is 1. The third-order valence-electron chi connectivity index (χ3n) is 3.17. The fraction of sp³-hybridized carbons (Fsp3) is 0.462. The van der Waals surface area contributed by atoms with Gasteiger partial charge in [0.2, 0.25) is 5.91 Å². The Morgan fingerprint density at radius 1 is 1.40 bits per heavy atom. The van der Waals surface area contributed by atoms with Crippen LogP contribution in [-0.4, -0.2) is 5.91 Å². The molecule has 0 spiro atoms. The Kier molecular flexibility index (Phi) is 2.29. The first kappa shape index (κ1) is 10.2. The topological polar surface area (TPSA) is 29.1 Å². The molecule has 0 radical (unpaired) electrons. The highest BCUT2D eigenvalue weighted by molar-refractivity contribution is 5.88. The van der Waals surface area contributed by atoms with Crippen molar-refractivity contribution < 1.29 is 4.79 Å². The van der Waals surface area contributed by atoms with Gasteiger partial charge in [0, 0.05) is 12.6 Å². The van der Waals surface area contributed by atoms with Gasteiger partial charge in [0.05, 0.1) is 0 Å². The van der Waals surface area contributed by atoms with E-state index in [2.05, 4.69) is 31.3 Å². The van der Waals surface area contributed by atoms with Crippen molar-refractivity contribution >= 4 is 11.6 Å². The predicted molar refractivity (Wildman–Crippen MR) is 62.1 cm³/mol. The van der Waals surface area contributed by atoms with E-state index in [-0.39, 0.29) is 5.91 Å². The largest absolute Gasteiger partial charge is 0.326 e. The number of aryl methyl sites for hydroxylation is 1. The van der Waals surface area contributed by atoms with Crippen molar-refractivity contribution in [3.05, 3.63) is 29.3 Å². The van der Waals surface area contributed by atoms with Crippen LogP contribution in [0.25, 0.3) is 0 Å². The molecule has 2 heteroatoms. The molecule has 0 aliphatic heterocycles. The number of nitrogens with one attached hydrogen (secondary N) is 1. The Labute approximate surface area is 90.7 Å². The van der Waals surface area contributed by atoms with Crippen molar-refractivity contribution in [3.63, 3.8) is 0 Å². The lowest BCUT2D eigenvalue weighted by atomic mass is 9.86. The highest BCUT2D eigenvalue weighted by Crippen LogP contribution is 2.39. The molecular weight excluding hydrogens is 186 g/mol. The minimum absolute atomic E-state index is 0.00722. The third-order valence-corrected chi connectivity index (χ3v) is 3.17. The smallest absolute Gasteiger partial charge is 0.221 e. The van der Waals surface area contributed by atoms with Gasteiger partial charge in [-0.25, -0.2) is 0 Å². The van der Waals surface area contributed by atoms with Crippen molar-refractivity contribution in [2.45, 2.75) is 39.0 Å². The first-order valence-corrected chi connectivity index (χ1v) is 5.40. The highest BCUT2D eigenvalue weighted by Gasteiger charge is 2.29. The molecule has 1 aromatic rings. The molecule has 1 aromatic carbocycles. The van der Waals surface area contributed by atoms with E-state index < -0.39 is 0 Å². The number of anilines is 1. The second-order valence-corrected chi connectivity index (χ2v) is 4.94. The lowest BCUT2D eigenvalue weighted by Crippen LogP contribution is -2.12. The minimum atomic E-state index is -0.00722. The Hall–Kier alpha value is -1.31. The zero-order chi connectivity index (χ0) is 11.1. The Bertz CT molecular complexity index is 407. The first-order chi connectivity index (χ1) is 6.99. The van der Waals surface area contributed by atoms with Crippen LogP contribution in [0.5, 0.6) is 0 Å². The van der Waals surface area contributed by atoms with Gasteiger partial charge in [-0.3, -0.25) is 4.79 Å². The lowest BCUT2D eigenvalue weighted by molar-refractivity contribution is -0.114. The van der Waals surface area contributed by atoms with Crippen LogP contribution in [0.4, 0.5) is 5.69 Å². The van der Waals surface area contributed by atoms with Crippen molar-refractivity contribution in [1.29, 1.82) is 0 Å². The average Bonchev–Trinajstić information content (AvgIpc) is 2.41. The van der Waals surface area contributed by atoms with E-state index >= 15 is 0 Å². The monoisotopic (exact) mass is 203 g/mol. The zero-order valence-corrected chi connectivity index (χ0v) is 9.55. The average molecular weight is 203 g/mol.